The largest absolute Gasteiger partial charge is 0.481 e. The standard InChI is InChI=1S/C11H11FO2S/c1-6(11(13)14)10-5-7-4-8(12)2-3-9(7)15-10/h2-4,6,10H,5H2,1H3,(H,13,14). The first-order valence-electron chi connectivity index (χ1n) is 4.76. The molecule has 0 saturated heterocycles. The predicted molar refractivity (Wildman–Crippen MR) is 56.5 cm³/mol. The van der Waals surface area contributed by atoms with Crippen LogP contribution in [-0.4, -0.2) is 16.3 Å². The van der Waals surface area contributed by atoms with Crippen LogP contribution in [0.15, 0.2) is 23.1 Å². The van der Waals surface area contributed by atoms with Crippen molar-refractivity contribution < 1.29 is 14.3 Å². The Bertz CT molecular complexity index is 406. The van der Waals surface area contributed by atoms with Gasteiger partial charge in [0, 0.05) is 10.1 Å². The van der Waals surface area contributed by atoms with Crippen molar-refractivity contribution in [1.82, 2.24) is 0 Å². The van der Waals surface area contributed by atoms with Crippen LogP contribution in [0.1, 0.15) is 12.5 Å². The fourth-order valence-electron chi connectivity index (χ4n) is 1.68. The maximum Gasteiger partial charge on any atom is 0.307 e. The van der Waals surface area contributed by atoms with Gasteiger partial charge in [-0.3, -0.25) is 4.79 Å². The summed E-state index contributed by atoms with van der Waals surface area (Å²) < 4.78 is 12.9. The first kappa shape index (κ1) is 10.5. The topological polar surface area (TPSA) is 37.3 Å². The van der Waals surface area contributed by atoms with Gasteiger partial charge < -0.3 is 5.11 Å². The van der Waals surface area contributed by atoms with Crippen LogP contribution in [0.2, 0.25) is 0 Å². The number of carboxylic acid groups (broad SMARTS) is 1. The van der Waals surface area contributed by atoms with Gasteiger partial charge in [-0.15, -0.1) is 11.8 Å². The second-order valence-corrected chi connectivity index (χ2v) is 5.02. The molecule has 1 aliphatic rings. The van der Waals surface area contributed by atoms with Gasteiger partial charge in [-0.05, 0) is 30.2 Å². The fraction of sp³-hybridized carbons (Fsp3) is 0.364. The second kappa shape index (κ2) is 3.85. The molecule has 0 spiro atoms. The minimum Gasteiger partial charge on any atom is -0.481 e. The van der Waals surface area contributed by atoms with Crippen LogP contribution in [0.25, 0.3) is 0 Å². The first-order valence-corrected chi connectivity index (χ1v) is 5.64. The number of thioether (sulfide) groups is 1. The summed E-state index contributed by atoms with van der Waals surface area (Å²) >= 11 is 1.53. The van der Waals surface area contributed by atoms with E-state index >= 15 is 0 Å². The summed E-state index contributed by atoms with van der Waals surface area (Å²) in [6.45, 7) is 1.70. The molecule has 2 nitrogen and oxygen atoms in total. The third-order valence-electron chi connectivity index (χ3n) is 2.67. The summed E-state index contributed by atoms with van der Waals surface area (Å²) in [7, 11) is 0. The minimum absolute atomic E-state index is 0.0271. The molecule has 0 aliphatic carbocycles. The lowest BCUT2D eigenvalue weighted by atomic mass is 10.0. The van der Waals surface area contributed by atoms with Gasteiger partial charge in [-0.1, -0.05) is 6.92 Å². The van der Waals surface area contributed by atoms with E-state index in [2.05, 4.69) is 0 Å². The molecule has 0 fully saturated rings. The molecule has 1 heterocycles. The van der Waals surface area contributed by atoms with E-state index in [-0.39, 0.29) is 11.1 Å². The molecule has 0 bridgehead atoms. The summed E-state index contributed by atoms with van der Waals surface area (Å²) in [5.41, 5.74) is 0.929. The molecule has 1 aromatic rings. The van der Waals surface area contributed by atoms with E-state index < -0.39 is 11.9 Å². The van der Waals surface area contributed by atoms with Crippen LogP contribution in [-0.2, 0) is 11.2 Å². The second-order valence-electron chi connectivity index (χ2n) is 3.74. The van der Waals surface area contributed by atoms with E-state index in [1.54, 1.807) is 13.0 Å². The number of hydrogen-bond acceptors (Lipinski definition) is 2. The van der Waals surface area contributed by atoms with Crippen molar-refractivity contribution in [2.45, 2.75) is 23.5 Å². The van der Waals surface area contributed by atoms with E-state index in [1.165, 1.54) is 23.9 Å². The van der Waals surface area contributed by atoms with E-state index in [0.29, 0.717) is 6.42 Å². The number of hydrogen-bond donors (Lipinski definition) is 1. The Hall–Kier alpha value is -1.03. The molecule has 2 atom stereocenters. The number of benzene rings is 1. The van der Waals surface area contributed by atoms with Crippen LogP contribution in [0.5, 0.6) is 0 Å². The van der Waals surface area contributed by atoms with Gasteiger partial charge in [0.05, 0.1) is 5.92 Å². The van der Waals surface area contributed by atoms with Crippen molar-refractivity contribution in [2.24, 2.45) is 5.92 Å². The zero-order chi connectivity index (χ0) is 11.0. The van der Waals surface area contributed by atoms with Crippen LogP contribution >= 0.6 is 11.8 Å². The van der Waals surface area contributed by atoms with Crippen molar-refractivity contribution in [3.63, 3.8) is 0 Å². The van der Waals surface area contributed by atoms with Gasteiger partial charge in [0.2, 0.25) is 0 Å². The van der Waals surface area contributed by atoms with E-state index in [4.69, 9.17) is 5.11 Å². The summed E-state index contributed by atoms with van der Waals surface area (Å²) in [4.78, 5) is 11.8. The molecule has 80 valence electrons. The highest BCUT2D eigenvalue weighted by Crippen LogP contribution is 2.40. The van der Waals surface area contributed by atoms with Crippen LogP contribution in [0.3, 0.4) is 0 Å². The SMILES string of the molecule is CC(C(=O)O)C1Cc2cc(F)ccc2S1. The lowest BCUT2D eigenvalue weighted by Crippen LogP contribution is -2.22. The van der Waals surface area contributed by atoms with Gasteiger partial charge in [-0.25, -0.2) is 4.39 Å². The molecule has 1 aromatic carbocycles. The van der Waals surface area contributed by atoms with Crippen LogP contribution in [0.4, 0.5) is 4.39 Å². The maximum atomic E-state index is 12.9. The van der Waals surface area contributed by atoms with E-state index in [1.807, 2.05) is 0 Å². The van der Waals surface area contributed by atoms with Crippen molar-refractivity contribution in [3.05, 3.63) is 29.6 Å². The van der Waals surface area contributed by atoms with Crippen LogP contribution in [0, 0.1) is 11.7 Å². The Morgan fingerprint density at radius 2 is 2.40 bits per heavy atom. The molecule has 15 heavy (non-hydrogen) atoms. The molecule has 1 aliphatic heterocycles. The highest BCUT2D eigenvalue weighted by Gasteiger charge is 2.30. The Kier molecular flexibility index (Phi) is 2.69. The normalized spacial score (nSPS) is 21.1. The number of carbonyl (C=O) groups is 1. The molecular formula is C11H11FO2S. The predicted octanol–water partition coefficient (Wildman–Crippen LogP) is 2.56. The quantitative estimate of drug-likeness (QED) is 0.842. The number of fused-ring (bicyclic) bond motifs is 1. The number of carboxylic acids is 1. The van der Waals surface area contributed by atoms with Gasteiger partial charge in [0.1, 0.15) is 5.82 Å². The van der Waals surface area contributed by atoms with Gasteiger partial charge >= 0.3 is 5.97 Å². The zero-order valence-corrected chi connectivity index (χ0v) is 9.05. The van der Waals surface area contributed by atoms with Crippen molar-refractivity contribution in [1.29, 1.82) is 0 Å². The number of aliphatic carboxylic acids is 1. The van der Waals surface area contributed by atoms with Gasteiger partial charge in [-0.2, -0.15) is 0 Å². The van der Waals surface area contributed by atoms with Crippen molar-refractivity contribution in [2.75, 3.05) is 0 Å². The van der Waals surface area contributed by atoms with Gasteiger partial charge in [0.25, 0.3) is 0 Å². The lowest BCUT2D eigenvalue weighted by molar-refractivity contribution is -0.141. The van der Waals surface area contributed by atoms with Crippen molar-refractivity contribution in [3.8, 4) is 0 Å². The minimum atomic E-state index is -0.791. The molecule has 0 radical (unpaired) electrons. The highest BCUT2D eigenvalue weighted by atomic mass is 32.2. The first-order chi connectivity index (χ1) is 7.08. The smallest absolute Gasteiger partial charge is 0.307 e. The Labute approximate surface area is 91.5 Å². The van der Waals surface area contributed by atoms with Gasteiger partial charge in [0.15, 0.2) is 0 Å². The summed E-state index contributed by atoms with van der Waals surface area (Å²) in [5, 5.41) is 8.92. The monoisotopic (exact) mass is 226 g/mol. The Balaban J connectivity index is 2.19. The van der Waals surface area contributed by atoms with E-state index in [0.717, 1.165) is 10.5 Å². The highest BCUT2D eigenvalue weighted by molar-refractivity contribution is 8.00. The Morgan fingerprint density at radius 3 is 3.07 bits per heavy atom. The molecule has 1 N–H and O–H groups in total. The summed E-state index contributed by atoms with van der Waals surface area (Å²) in [5.74, 6) is -1.44. The number of rotatable bonds is 2. The molecule has 0 saturated carbocycles. The molecule has 4 heteroatoms. The molecule has 2 unspecified atom stereocenters. The summed E-state index contributed by atoms with van der Waals surface area (Å²) in [6.07, 6.45) is 0.644. The fourth-order valence-corrected chi connectivity index (χ4v) is 3.03. The third-order valence-corrected chi connectivity index (χ3v) is 4.20. The molecule has 0 aromatic heterocycles. The molecule has 2 rings (SSSR count). The number of halogens is 1. The average Bonchev–Trinajstić information content (AvgIpc) is 2.58. The third kappa shape index (κ3) is 2.00. The maximum absolute atomic E-state index is 12.9. The van der Waals surface area contributed by atoms with Crippen LogP contribution < -0.4 is 0 Å². The van der Waals surface area contributed by atoms with E-state index in [9.17, 15) is 9.18 Å². The zero-order valence-electron chi connectivity index (χ0n) is 8.24. The molecular weight excluding hydrogens is 215 g/mol. The molecule has 0 amide bonds. The van der Waals surface area contributed by atoms with Crippen molar-refractivity contribution >= 4 is 17.7 Å². The summed E-state index contributed by atoms with van der Waals surface area (Å²) in [6, 6.07) is 4.64. The average molecular weight is 226 g/mol. The lowest BCUT2D eigenvalue weighted by Gasteiger charge is -2.12. The Morgan fingerprint density at radius 1 is 1.67 bits per heavy atom.